The van der Waals surface area contributed by atoms with Gasteiger partial charge < -0.3 is 10.2 Å². The van der Waals surface area contributed by atoms with Gasteiger partial charge in [0.25, 0.3) is 5.91 Å². The zero-order valence-corrected chi connectivity index (χ0v) is 14.6. The zero-order chi connectivity index (χ0) is 17.0. The van der Waals surface area contributed by atoms with E-state index in [2.05, 4.69) is 12.2 Å². The molecule has 6 nitrogen and oxygen atoms in total. The lowest BCUT2D eigenvalue weighted by Crippen LogP contribution is -2.48. The van der Waals surface area contributed by atoms with Crippen molar-refractivity contribution < 1.29 is 14.4 Å². The first-order chi connectivity index (χ1) is 10.9. The summed E-state index contributed by atoms with van der Waals surface area (Å²) >= 11 is 0. The molecule has 1 atom stereocenters. The van der Waals surface area contributed by atoms with Crippen LogP contribution in [-0.2, 0) is 9.59 Å². The smallest absolute Gasteiger partial charge is 0.325 e. The van der Waals surface area contributed by atoms with E-state index in [9.17, 15) is 14.4 Å². The van der Waals surface area contributed by atoms with E-state index in [4.69, 9.17) is 0 Å². The quantitative estimate of drug-likeness (QED) is 0.761. The number of carbonyl (C=O) groups is 3. The molecule has 1 unspecified atom stereocenters. The number of rotatable bonds is 6. The maximum atomic E-state index is 12.8. The summed E-state index contributed by atoms with van der Waals surface area (Å²) in [6.45, 7) is 7.44. The molecule has 23 heavy (non-hydrogen) atoms. The summed E-state index contributed by atoms with van der Waals surface area (Å²) in [5.41, 5.74) is -0.809. The Morgan fingerprint density at radius 2 is 1.91 bits per heavy atom. The van der Waals surface area contributed by atoms with E-state index < -0.39 is 11.6 Å². The summed E-state index contributed by atoms with van der Waals surface area (Å²) in [6, 6.07) is -0.421. The molecule has 2 aliphatic heterocycles. The van der Waals surface area contributed by atoms with Crippen molar-refractivity contribution in [2.45, 2.75) is 64.8 Å². The minimum atomic E-state index is -0.809. The molecule has 1 N–H and O–H groups in total. The molecule has 2 fully saturated rings. The third kappa shape index (κ3) is 3.67. The monoisotopic (exact) mass is 323 g/mol. The van der Waals surface area contributed by atoms with Gasteiger partial charge in [-0.3, -0.25) is 14.5 Å². The Bertz CT molecular complexity index is 472. The fraction of sp³-hybridized carbons (Fsp3) is 0.824. The van der Waals surface area contributed by atoms with Crippen molar-refractivity contribution in [2.24, 2.45) is 5.92 Å². The van der Waals surface area contributed by atoms with Crippen LogP contribution in [0, 0.1) is 5.92 Å². The second-order valence-corrected chi connectivity index (χ2v) is 6.99. The van der Waals surface area contributed by atoms with Crippen molar-refractivity contribution >= 4 is 17.8 Å². The van der Waals surface area contributed by atoms with Crippen LogP contribution in [0.4, 0.5) is 4.79 Å². The Morgan fingerprint density at radius 3 is 2.48 bits per heavy atom. The van der Waals surface area contributed by atoms with Crippen molar-refractivity contribution in [3.8, 4) is 0 Å². The normalized spacial score (nSPS) is 24.0. The standard InChI is InChI=1S/C17H29N3O3/c1-4-8-17(9-5-2)15(22)20(16(23)18-17)12-14(21)19-10-6-7-13(3)11-19/h13H,4-12H2,1-3H3,(H,18,23). The first-order valence-electron chi connectivity index (χ1n) is 8.85. The number of imide groups is 1. The lowest BCUT2D eigenvalue weighted by Gasteiger charge is -2.32. The number of carbonyl (C=O) groups excluding carboxylic acids is 3. The van der Waals surface area contributed by atoms with Crippen LogP contribution in [0.5, 0.6) is 0 Å². The van der Waals surface area contributed by atoms with Crippen molar-refractivity contribution in [2.75, 3.05) is 19.6 Å². The van der Waals surface area contributed by atoms with Crippen LogP contribution in [0.25, 0.3) is 0 Å². The third-order valence-electron chi connectivity index (χ3n) is 4.90. The minimum Gasteiger partial charge on any atom is -0.341 e. The molecule has 0 aromatic rings. The van der Waals surface area contributed by atoms with E-state index in [1.54, 1.807) is 4.90 Å². The molecule has 0 spiro atoms. The summed E-state index contributed by atoms with van der Waals surface area (Å²) in [5.74, 6) is 0.128. The van der Waals surface area contributed by atoms with Crippen molar-refractivity contribution in [1.82, 2.24) is 15.1 Å². The van der Waals surface area contributed by atoms with Gasteiger partial charge in [0.15, 0.2) is 0 Å². The molecule has 0 aliphatic carbocycles. The molecule has 130 valence electrons. The SMILES string of the molecule is CCCC1(CCC)NC(=O)N(CC(=O)N2CCCC(C)C2)C1=O. The predicted molar refractivity (Wildman–Crippen MR) is 87.8 cm³/mol. The number of amides is 4. The van der Waals surface area contributed by atoms with Gasteiger partial charge in [-0.2, -0.15) is 0 Å². The number of piperidine rings is 1. The number of nitrogens with zero attached hydrogens (tertiary/aromatic N) is 2. The van der Waals surface area contributed by atoms with Crippen LogP contribution in [0.2, 0.25) is 0 Å². The number of urea groups is 1. The molecule has 0 aromatic carbocycles. The lowest BCUT2D eigenvalue weighted by molar-refractivity contribution is -0.140. The van der Waals surface area contributed by atoms with Crippen LogP contribution < -0.4 is 5.32 Å². The Balaban J connectivity index is 2.06. The summed E-state index contributed by atoms with van der Waals surface area (Å²) in [6.07, 6.45) is 4.99. The summed E-state index contributed by atoms with van der Waals surface area (Å²) in [4.78, 5) is 40.4. The van der Waals surface area contributed by atoms with Gasteiger partial charge >= 0.3 is 6.03 Å². The van der Waals surface area contributed by atoms with Gasteiger partial charge in [-0.15, -0.1) is 0 Å². The number of hydrogen-bond acceptors (Lipinski definition) is 3. The van der Waals surface area contributed by atoms with E-state index in [0.29, 0.717) is 18.8 Å². The predicted octanol–water partition coefficient (Wildman–Crippen LogP) is 2.14. The molecule has 2 saturated heterocycles. The van der Waals surface area contributed by atoms with E-state index in [-0.39, 0.29) is 18.4 Å². The summed E-state index contributed by atoms with van der Waals surface area (Å²) < 4.78 is 0. The molecule has 0 radical (unpaired) electrons. The number of nitrogens with one attached hydrogen (secondary N) is 1. The first kappa shape index (κ1) is 17.8. The maximum Gasteiger partial charge on any atom is 0.325 e. The number of hydrogen-bond donors (Lipinski definition) is 1. The van der Waals surface area contributed by atoms with Crippen LogP contribution in [0.1, 0.15) is 59.3 Å². The van der Waals surface area contributed by atoms with Gasteiger partial charge in [-0.1, -0.05) is 33.6 Å². The maximum absolute atomic E-state index is 12.8. The van der Waals surface area contributed by atoms with Gasteiger partial charge in [0.2, 0.25) is 5.91 Å². The van der Waals surface area contributed by atoms with E-state index in [1.165, 1.54) is 0 Å². The fourth-order valence-corrected chi connectivity index (χ4v) is 3.79. The highest BCUT2D eigenvalue weighted by atomic mass is 16.2. The Kier molecular flexibility index (Phi) is 5.65. The molecular formula is C17H29N3O3. The molecule has 0 aromatic heterocycles. The Hall–Kier alpha value is -1.59. The van der Waals surface area contributed by atoms with Gasteiger partial charge in [-0.05, 0) is 31.6 Å². The lowest BCUT2D eigenvalue weighted by atomic mass is 9.88. The summed E-state index contributed by atoms with van der Waals surface area (Å²) in [7, 11) is 0. The fourth-order valence-electron chi connectivity index (χ4n) is 3.79. The third-order valence-corrected chi connectivity index (χ3v) is 4.90. The van der Waals surface area contributed by atoms with Crippen LogP contribution in [0.3, 0.4) is 0 Å². The van der Waals surface area contributed by atoms with E-state index in [0.717, 1.165) is 43.7 Å². The van der Waals surface area contributed by atoms with Crippen LogP contribution in [0.15, 0.2) is 0 Å². The number of likely N-dealkylation sites (tertiary alicyclic amines) is 1. The second-order valence-electron chi connectivity index (χ2n) is 6.99. The molecule has 0 bridgehead atoms. The molecule has 0 saturated carbocycles. The molecule has 2 rings (SSSR count). The highest BCUT2D eigenvalue weighted by molar-refractivity contribution is 6.09. The first-order valence-corrected chi connectivity index (χ1v) is 8.85. The average Bonchev–Trinajstić information content (AvgIpc) is 2.72. The zero-order valence-electron chi connectivity index (χ0n) is 14.6. The van der Waals surface area contributed by atoms with Gasteiger partial charge in [-0.25, -0.2) is 4.79 Å². The minimum absolute atomic E-state index is 0.121. The van der Waals surface area contributed by atoms with Crippen LogP contribution in [-0.4, -0.2) is 52.8 Å². The molecular weight excluding hydrogens is 294 g/mol. The van der Waals surface area contributed by atoms with Gasteiger partial charge in [0.05, 0.1) is 0 Å². The van der Waals surface area contributed by atoms with Crippen LogP contribution >= 0.6 is 0 Å². The largest absolute Gasteiger partial charge is 0.341 e. The highest BCUT2D eigenvalue weighted by Crippen LogP contribution is 2.28. The highest BCUT2D eigenvalue weighted by Gasteiger charge is 2.50. The second kappa shape index (κ2) is 7.32. The van der Waals surface area contributed by atoms with E-state index in [1.807, 2.05) is 13.8 Å². The molecule has 2 aliphatic rings. The van der Waals surface area contributed by atoms with Gasteiger partial charge in [0.1, 0.15) is 12.1 Å². The topological polar surface area (TPSA) is 69.7 Å². The molecule has 6 heteroatoms. The average molecular weight is 323 g/mol. The molecule has 2 heterocycles. The molecule has 4 amide bonds. The Morgan fingerprint density at radius 1 is 1.26 bits per heavy atom. The summed E-state index contributed by atoms with van der Waals surface area (Å²) in [5, 5.41) is 2.85. The van der Waals surface area contributed by atoms with Crippen molar-refractivity contribution in [3.05, 3.63) is 0 Å². The Labute approximate surface area is 138 Å². The van der Waals surface area contributed by atoms with E-state index >= 15 is 0 Å². The van der Waals surface area contributed by atoms with Crippen molar-refractivity contribution in [3.63, 3.8) is 0 Å². The van der Waals surface area contributed by atoms with Gasteiger partial charge in [0, 0.05) is 13.1 Å². The van der Waals surface area contributed by atoms with Crippen molar-refractivity contribution in [1.29, 1.82) is 0 Å².